The fourth-order valence-electron chi connectivity index (χ4n) is 1.71. The zero-order valence-corrected chi connectivity index (χ0v) is 10.7. The predicted molar refractivity (Wildman–Crippen MR) is 76.8 cm³/mol. The SMILES string of the molecule is CCc1ccc(OCC=Cc2ccccc2)cc1. The van der Waals surface area contributed by atoms with E-state index in [4.69, 9.17) is 4.74 Å². The first-order chi connectivity index (χ1) is 8.88. The number of rotatable bonds is 5. The Hall–Kier alpha value is -2.02. The van der Waals surface area contributed by atoms with Gasteiger partial charge in [-0.1, -0.05) is 55.5 Å². The van der Waals surface area contributed by atoms with Crippen LogP contribution in [0.4, 0.5) is 0 Å². The molecule has 1 heteroatoms. The van der Waals surface area contributed by atoms with Crippen molar-refractivity contribution in [3.63, 3.8) is 0 Å². The second kappa shape index (κ2) is 6.65. The first-order valence-corrected chi connectivity index (χ1v) is 6.32. The van der Waals surface area contributed by atoms with Crippen molar-refractivity contribution in [3.8, 4) is 5.75 Å². The van der Waals surface area contributed by atoms with Gasteiger partial charge in [-0.3, -0.25) is 0 Å². The quantitative estimate of drug-likeness (QED) is 0.753. The molecular weight excluding hydrogens is 220 g/mol. The van der Waals surface area contributed by atoms with E-state index < -0.39 is 0 Å². The van der Waals surface area contributed by atoms with Crippen molar-refractivity contribution in [3.05, 3.63) is 71.8 Å². The lowest BCUT2D eigenvalue weighted by atomic mass is 10.2. The molecule has 0 heterocycles. The molecule has 0 aliphatic rings. The van der Waals surface area contributed by atoms with Crippen LogP contribution in [0, 0.1) is 0 Å². The third kappa shape index (κ3) is 3.77. The van der Waals surface area contributed by atoms with Gasteiger partial charge in [-0.2, -0.15) is 0 Å². The highest BCUT2D eigenvalue weighted by molar-refractivity contribution is 5.48. The lowest BCUT2D eigenvalue weighted by Gasteiger charge is -2.03. The van der Waals surface area contributed by atoms with Crippen LogP contribution in [0.15, 0.2) is 60.7 Å². The van der Waals surface area contributed by atoms with E-state index >= 15 is 0 Å². The molecule has 0 aliphatic heterocycles. The van der Waals surface area contributed by atoms with Crippen molar-refractivity contribution >= 4 is 6.08 Å². The van der Waals surface area contributed by atoms with E-state index in [0.717, 1.165) is 12.2 Å². The molecule has 0 aliphatic carbocycles. The highest BCUT2D eigenvalue weighted by Gasteiger charge is 1.92. The van der Waals surface area contributed by atoms with E-state index in [2.05, 4.69) is 37.3 Å². The fraction of sp³-hybridized carbons (Fsp3) is 0.176. The average Bonchev–Trinajstić information content (AvgIpc) is 2.45. The molecule has 92 valence electrons. The van der Waals surface area contributed by atoms with Crippen LogP contribution in [0.3, 0.4) is 0 Å². The third-order valence-corrected chi connectivity index (χ3v) is 2.79. The molecule has 0 aromatic heterocycles. The van der Waals surface area contributed by atoms with Crippen molar-refractivity contribution in [1.29, 1.82) is 0 Å². The van der Waals surface area contributed by atoms with E-state index in [1.54, 1.807) is 0 Å². The Balaban J connectivity index is 1.83. The molecule has 0 saturated heterocycles. The molecular formula is C17H18O. The molecule has 2 aromatic rings. The van der Waals surface area contributed by atoms with Crippen molar-refractivity contribution in [2.45, 2.75) is 13.3 Å². The summed E-state index contributed by atoms with van der Waals surface area (Å²) >= 11 is 0. The molecule has 0 atom stereocenters. The van der Waals surface area contributed by atoms with Gasteiger partial charge in [-0.15, -0.1) is 0 Å². The molecule has 0 radical (unpaired) electrons. The first-order valence-electron chi connectivity index (χ1n) is 6.32. The second-order valence-corrected chi connectivity index (χ2v) is 4.12. The normalized spacial score (nSPS) is 10.7. The second-order valence-electron chi connectivity index (χ2n) is 4.12. The fourth-order valence-corrected chi connectivity index (χ4v) is 1.71. The number of hydrogen-bond donors (Lipinski definition) is 0. The lowest BCUT2D eigenvalue weighted by Crippen LogP contribution is -1.93. The Morgan fingerprint density at radius 3 is 2.33 bits per heavy atom. The van der Waals surface area contributed by atoms with Crippen molar-refractivity contribution in [2.24, 2.45) is 0 Å². The van der Waals surface area contributed by atoms with Crippen LogP contribution in [0.1, 0.15) is 18.1 Å². The summed E-state index contributed by atoms with van der Waals surface area (Å²) in [6.45, 7) is 2.75. The van der Waals surface area contributed by atoms with Crippen LogP contribution in [-0.4, -0.2) is 6.61 Å². The number of ether oxygens (including phenoxy) is 1. The molecule has 0 amide bonds. The Bertz CT molecular complexity index is 483. The van der Waals surface area contributed by atoms with Crippen LogP contribution in [0.2, 0.25) is 0 Å². The zero-order valence-electron chi connectivity index (χ0n) is 10.7. The summed E-state index contributed by atoms with van der Waals surface area (Å²) < 4.78 is 5.64. The summed E-state index contributed by atoms with van der Waals surface area (Å²) in [4.78, 5) is 0. The van der Waals surface area contributed by atoms with Gasteiger partial charge in [0, 0.05) is 0 Å². The average molecular weight is 238 g/mol. The van der Waals surface area contributed by atoms with Crippen LogP contribution in [0.5, 0.6) is 5.75 Å². The van der Waals surface area contributed by atoms with Gasteiger partial charge in [-0.05, 0) is 35.8 Å². The van der Waals surface area contributed by atoms with Gasteiger partial charge in [0.05, 0.1) is 0 Å². The lowest BCUT2D eigenvalue weighted by molar-refractivity contribution is 0.363. The van der Waals surface area contributed by atoms with Crippen molar-refractivity contribution in [2.75, 3.05) is 6.61 Å². The van der Waals surface area contributed by atoms with Gasteiger partial charge in [0.25, 0.3) is 0 Å². The van der Waals surface area contributed by atoms with Gasteiger partial charge >= 0.3 is 0 Å². The molecule has 0 unspecified atom stereocenters. The number of benzene rings is 2. The van der Waals surface area contributed by atoms with E-state index in [0.29, 0.717) is 6.61 Å². The van der Waals surface area contributed by atoms with Crippen molar-refractivity contribution in [1.82, 2.24) is 0 Å². The molecule has 0 fully saturated rings. The summed E-state index contributed by atoms with van der Waals surface area (Å²) in [5.74, 6) is 0.921. The largest absolute Gasteiger partial charge is 0.490 e. The summed E-state index contributed by atoms with van der Waals surface area (Å²) in [5, 5.41) is 0. The predicted octanol–water partition coefficient (Wildman–Crippen LogP) is 4.34. The maximum Gasteiger partial charge on any atom is 0.119 e. The maximum atomic E-state index is 5.64. The molecule has 2 aromatic carbocycles. The molecule has 0 saturated carbocycles. The summed E-state index contributed by atoms with van der Waals surface area (Å²) in [6, 6.07) is 18.5. The molecule has 18 heavy (non-hydrogen) atoms. The number of aryl methyl sites for hydroxylation is 1. The van der Waals surface area contributed by atoms with Gasteiger partial charge in [0.2, 0.25) is 0 Å². The maximum absolute atomic E-state index is 5.64. The van der Waals surface area contributed by atoms with Gasteiger partial charge in [0.15, 0.2) is 0 Å². The Morgan fingerprint density at radius 2 is 1.67 bits per heavy atom. The summed E-state index contributed by atoms with van der Waals surface area (Å²) in [6.07, 6.45) is 5.16. The monoisotopic (exact) mass is 238 g/mol. The van der Waals surface area contributed by atoms with E-state index in [1.165, 1.54) is 11.1 Å². The molecule has 1 nitrogen and oxygen atoms in total. The summed E-state index contributed by atoms with van der Waals surface area (Å²) in [5.41, 5.74) is 2.53. The van der Waals surface area contributed by atoms with Crippen molar-refractivity contribution < 1.29 is 4.74 Å². The minimum Gasteiger partial charge on any atom is -0.490 e. The Morgan fingerprint density at radius 1 is 0.944 bits per heavy atom. The molecule has 0 spiro atoms. The minimum absolute atomic E-state index is 0.598. The number of hydrogen-bond acceptors (Lipinski definition) is 1. The van der Waals surface area contributed by atoms with Gasteiger partial charge < -0.3 is 4.74 Å². The highest BCUT2D eigenvalue weighted by Crippen LogP contribution is 2.12. The van der Waals surface area contributed by atoms with E-state index in [1.807, 2.05) is 36.4 Å². The van der Waals surface area contributed by atoms with Crippen LogP contribution >= 0.6 is 0 Å². The van der Waals surface area contributed by atoms with E-state index in [9.17, 15) is 0 Å². The first kappa shape index (κ1) is 12.4. The third-order valence-electron chi connectivity index (χ3n) is 2.79. The van der Waals surface area contributed by atoms with Crippen LogP contribution in [0.25, 0.3) is 6.08 Å². The van der Waals surface area contributed by atoms with Crippen LogP contribution in [-0.2, 0) is 6.42 Å². The van der Waals surface area contributed by atoms with Gasteiger partial charge in [0.1, 0.15) is 12.4 Å². The minimum atomic E-state index is 0.598. The van der Waals surface area contributed by atoms with Crippen LogP contribution < -0.4 is 4.74 Å². The zero-order chi connectivity index (χ0) is 12.6. The molecule has 2 rings (SSSR count). The Labute approximate surface area is 109 Å². The Kier molecular flexibility index (Phi) is 4.60. The van der Waals surface area contributed by atoms with E-state index in [-0.39, 0.29) is 0 Å². The van der Waals surface area contributed by atoms with Gasteiger partial charge in [-0.25, -0.2) is 0 Å². The summed E-state index contributed by atoms with van der Waals surface area (Å²) in [7, 11) is 0. The standard InChI is InChI=1S/C17H18O/c1-2-15-10-12-17(13-11-15)18-14-6-9-16-7-4-3-5-8-16/h3-13H,2,14H2,1H3. The molecule has 0 bridgehead atoms. The highest BCUT2D eigenvalue weighted by atomic mass is 16.5. The smallest absolute Gasteiger partial charge is 0.119 e. The topological polar surface area (TPSA) is 9.23 Å². The molecule has 0 N–H and O–H groups in total.